The Balaban J connectivity index is 1.56. The van der Waals surface area contributed by atoms with E-state index in [1.807, 2.05) is 36.4 Å². The van der Waals surface area contributed by atoms with E-state index in [1.54, 1.807) is 6.07 Å². The molecule has 0 radical (unpaired) electrons. The highest BCUT2D eigenvalue weighted by molar-refractivity contribution is 9.10. The summed E-state index contributed by atoms with van der Waals surface area (Å²) >= 11 is 3.42. The van der Waals surface area contributed by atoms with E-state index in [-0.39, 0.29) is 5.91 Å². The number of furan rings is 1. The van der Waals surface area contributed by atoms with Gasteiger partial charge >= 0.3 is 0 Å². The van der Waals surface area contributed by atoms with Crippen molar-refractivity contribution in [2.24, 2.45) is 0 Å². The number of fused-ring (bicyclic) bond motifs is 1. The average molecular weight is 358 g/mol. The molecule has 0 spiro atoms. The van der Waals surface area contributed by atoms with Gasteiger partial charge in [-0.15, -0.1) is 0 Å². The number of halogens is 1. The Morgan fingerprint density at radius 3 is 2.68 bits per heavy atom. The Labute approximate surface area is 137 Å². The number of carbonyl (C=O) groups is 1. The lowest BCUT2D eigenvalue weighted by molar-refractivity contribution is 0.0927. The number of benzene rings is 2. The first-order chi connectivity index (χ1) is 10.7. The van der Waals surface area contributed by atoms with E-state index in [9.17, 15) is 4.79 Å². The van der Waals surface area contributed by atoms with Crippen LogP contribution in [0.1, 0.15) is 22.5 Å². The van der Waals surface area contributed by atoms with E-state index in [0.717, 1.165) is 22.7 Å². The first kappa shape index (κ1) is 14.9. The zero-order chi connectivity index (χ0) is 15.4. The largest absolute Gasteiger partial charge is 0.450 e. The van der Waals surface area contributed by atoms with Crippen molar-refractivity contribution in [1.82, 2.24) is 5.32 Å². The second-order valence-corrected chi connectivity index (χ2v) is 5.97. The minimum Gasteiger partial charge on any atom is -0.450 e. The van der Waals surface area contributed by atoms with Gasteiger partial charge in [-0.2, -0.15) is 0 Å². The Morgan fingerprint density at radius 2 is 1.91 bits per heavy atom. The van der Waals surface area contributed by atoms with Gasteiger partial charge < -0.3 is 9.73 Å². The van der Waals surface area contributed by atoms with E-state index in [0.29, 0.717) is 17.9 Å². The SMILES string of the molecule is O=C(NCCCc1ccccc1)c1cc2cccc(Br)c2o1. The predicted molar refractivity (Wildman–Crippen MR) is 91.0 cm³/mol. The second kappa shape index (κ2) is 6.79. The molecule has 0 bridgehead atoms. The molecule has 0 saturated heterocycles. The van der Waals surface area contributed by atoms with Crippen LogP contribution in [0.3, 0.4) is 0 Å². The fourth-order valence-corrected chi connectivity index (χ4v) is 2.83. The summed E-state index contributed by atoms with van der Waals surface area (Å²) in [6, 6.07) is 17.8. The van der Waals surface area contributed by atoms with Crippen LogP contribution < -0.4 is 5.32 Å². The van der Waals surface area contributed by atoms with Crippen molar-refractivity contribution in [3.63, 3.8) is 0 Å². The van der Waals surface area contributed by atoms with Crippen molar-refractivity contribution in [3.05, 3.63) is 70.4 Å². The highest BCUT2D eigenvalue weighted by atomic mass is 79.9. The van der Waals surface area contributed by atoms with Gasteiger partial charge in [-0.1, -0.05) is 42.5 Å². The van der Waals surface area contributed by atoms with Gasteiger partial charge in [0.1, 0.15) is 5.58 Å². The normalized spacial score (nSPS) is 10.8. The van der Waals surface area contributed by atoms with Crippen LogP contribution in [0.5, 0.6) is 0 Å². The minimum atomic E-state index is -0.170. The van der Waals surface area contributed by atoms with Crippen LogP contribution in [0.4, 0.5) is 0 Å². The number of carbonyl (C=O) groups excluding carboxylic acids is 1. The predicted octanol–water partition coefficient (Wildman–Crippen LogP) is 4.56. The summed E-state index contributed by atoms with van der Waals surface area (Å²) in [6.45, 7) is 0.631. The summed E-state index contributed by atoms with van der Waals surface area (Å²) in [7, 11) is 0. The van der Waals surface area contributed by atoms with Gasteiger partial charge in [-0.3, -0.25) is 4.79 Å². The third-order valence-electron chi connectivity index (χ3n) is 3.49. The van der Waals surface area contributed by atoms with Crippen molar-refractivity contribution in [3.8, 4) is 0 Å². The van der Waals surface area contributed by atoms with Crippen LogP contribution in [0.2, 0.25) is 0 Å². The maximum Gasteiger partial charge on any atom is 0.287 e. The maximum atomic E-state index is 12.1. The van der Waals surface area contributed by atoms with Gasteiger partial charge in [-0.25, -0.2) is 0 Å². The smallest absolute Gasteiger partial charge is 0.287 e. The Kier molecular flexibility index (Phi) is 4.59. The van der Waals surface area contributed by atoms with E-state index >= 15 is 0 Å². The molecule has 3 nitrogen and oxygen atoms in total. The van der Waals surface area contributed by atoms with Crippen LogP contribution in [-0.4, -0.2) is 12.5 Å². The molecule has 1 aromatic heterocycles. The van der Waals surface area contributed by atoms with Crippen LogP contribution in [0.15, 0.2) is 63.5 Å². The van der Waals surface area contributed by atoms with Crippen molar-refractivity contribution in [2.45, 2.75) is 12.8 Å². The Bertz CT molecular complexity index is 780. The molecule has 0 unspecified atom stereocenters. The van der Waals surface area contributed by atoms with Crippen LogP contribution in [0, 0.1) is 0 Å². The van der Waals surface area contributed by atoms with Crippen molar-refractivity contribution < 1.29 is 9.21 Å². The highest BCUT2D eigenvalue weighted by Gasteiger charge is 2.13. The molecular formula is C18H16BrNO2. The van der Waals surface area contributed by atoms with E-state index in [4.69, 9.17) is 4.42 Å². The van der Waals surface area contributed by atoms with Gasteiger partial charge in [0.2, 0.25) is 0 Å². The molecule has 1 amide bonds. The highest BCUT2D eigenvalue weighted by Crippen LogP contribution is 2.26. The molecule has 3 aromatic rings. The second-order valence-electron chi connectivity index (χ2n) is 5.11. The van der Waals surface area contributed by atoms with Gasteiger partial charge in [-0.05, 0) is 46.5 Å². The Hall–Kier alpha value is -2.07. The third-order valence-corrected chi connectivity index (χ3v) is 4.11. The lowest BCUT2D eigenvalue weighted by atomic mass is 10.1. The minimum absolute atomic E-state index is 0.170. The lowest BCUT2D eigenvalue weighted by Gasteiger charge is -2.03. The van der Waals surface area contributed by atoms with Gasteiger partial charge in [0.25, 0.3) is 5.91 Å². The Morgan fingerprint density at radius 1 is 1.09 bits per heavy atom. The molecule has 0 saturated carbocycles. The number of amides is 1. The number of nitrogens with one attached hydrogen (secondary N) is 1. The van der Waals surface area contributed by atoms with Crippen molar-refractivity contribution >= 4 is 32.8 Å². The summed E-state index contributed by atoms with van der Waals surface area (Å²) in [5, 5.41) is 3.82. The summed E-state index contributed by atoms with van der Waals surface area (Å²) < 4.78 is 6.47. The molecule has 0 fully saturated rings. The quantitative estimate of drug-likeness (QED) is 0.680. The number of aryl methyl sites for hydroxylation is 1. The molecule has 4 heteroatoms. The fraction of sp³-hybridized carbons (Fsp3) is 0.167. The van der Waals surface area contributed by atoms with Crippen molar-refractivity contribution in [2.75, 3.05) is 6.54 Å². The van der Waals surface area contributed by atoms with E-state index in [1.165, 1.54) is 5.56 Å². The standard InChI is InChI=1S/C18H16BrNO2/c19-15-10-4-9-14-12-16(22-17(14)15)18(21)20-11-5-8-13-6-2-1-3-7-13/h1-4,6-7,9-10,12H,5,8,11H2,(H,20,21). The maximum absolute atomic E-state index is 12.1. The molecule has 0 aliphatic heterocycles. The molecule has 22 heavy (non-hydrogen) atoms. The summed E-state index contributed by atoms with van der Waals surface area (Å²) in [4.78, 5) is 12.1. The lowest BCUT2D eigenvalue weighted by Crippen LogP contribution is -2.24. The fourth-order valence-electron chi connectivity index (χ4n) is 2.37. The van der Waals surface area contributed by atoms with Crippen LogP contribution >= 0.6 is 15.9 Å². The number of rotatable bonds is 5. The van der Waals surface area contributed by atoms with Crippen LogP contribution in [-0.2, 0) is 6.42 Å². The molecule has 0 aliphatic rings. The molecule has 1 N–H and O–H groups in total. The number of hydrogen-bond acceptors (Lipinski definition) is 2. The molecule has 3 rings (SSSR count). The monoisotopic (exact) mass is 357 g/mol. The first-order valence-corrected chi connectivity index (χ1v) is 8.03. The average Bonchev–Trinajstić information content (AvgIpc) is 2.98. The first-order valence-electron chi connectivity index (χ1n) is 7.24. The topological polar surface area (TPSA) is 42.2 Å². The van der Waals surface area contributed by atoms with E-state index in [2.05, 4.69) is 33.4 Å². The summed E-state index contributed by atoms with van der Waals surface area (Å²) in [5.74, 6) is 0.178. The van der Waals surface area contributed by atoms with E-state index < -0.39 is 0 Å². The zero-order valence-electron chi connectivity index (χ0n) is 12.0. The van der Waals surface area contributed by atoms with Gasteiger partial charge in [0.05, 0.1) is 4.47 Å². The third kappa shape index (κ3) is 3.39. The van der Waals surface area contributed by atoms with Crippen LogP contribution in [0.25, 0.3) is 11.0 Å². The molecule has 1 heterocycles. The molecule has 112 valence electrons. The van der Waals surface area contributed by atoms with Crippen molar-refractivity contribution in [1.29, 1.82) is 0 Å². The number of para-hydroxylation sites is 1. The van der Waals surface area contributed by atoms with Gasteiger partial charge in [0.15, 0.2) is 5.76 Å². The molecule has 2 aromatic carbocycles. The summed E-state index contributed by atoms with van der Waals surface area (Å²) in [6.07, 6.45) is 1.85. The zero-order valence-corrected chi connectivity index (χ0v) is 13.6. The number of hydrogen-bond donors (Lipinski definition) is 1. The molecular weight excluding hydrogens is 342 g/mol. The van der Waals surface area contributed by atoms with Gasteiger partial charge in [0, 0.05) is 11.9 Å². The summed E-state index contributed by atoms with van der Waals surface area (Å²) in [5.41, 5.74) is 1.99. The molecule has 0 aliphatic carbocycles. The molecule has 0 atom stereocenters.